The number of hydrogen-bond acceptors (Lipinski definition) is 8. The normalized spacial score (nSPS) is 29.4. The van der Waals surface area contributed by atoms with Crippen LogP contribution in [0.5, 0.6) is 0 Å². The molecule has 0 aromatic rings. The Morgan fingerprint density at radius 3 is 1.90 bits per heavy atom. The van der Waals surface area contributed by atoms with Gasteiger partial charge in [0.05, 0.1) is 6.61 Å². The molecule has 0 amide bonds. The molecule has 1 fully saturated rings. The lowest BCUT2D eigenvalue weighted by atomic mass is 10.0. The molecule has 1 saturated heterocycles. The van der Waals surface area contributed by atoms with Crippen molar-refractivity contribution in [2.24, 2.45) is 0 Å². The van der Waals surface area contributed by atoms with E-state index in [2.05, 4.69) is 16.3 Å². The Morgan fingerprint density at radius 2 is 1.45 bits per heavy atom. The van der Waals surface area contributed by atoms with E-state index in [1.54, 1.807) is 0 Å². The number of halogens is 1. The van der Waals surface area contributed by atoms with Gasteiger partial charge in [0.1, 0.15) is 16.3 Å². The van der Waals surface area contributed by atoms with E-state index in [9.17, 15) is 14.4 Å². The lowest BCUT2D eigenvalue weighted by molar-refractivity contribution is -0.255. The third-order valence-electron chi connectivity index (χ3n) is 2.39. The Morgan fingerprint density at radius 1 is 0.950 bits per heavy atom. The van der Waals surface area contributed by atoms with Crippen LogP contribution in [0.2, 0.25) is 0 Å². The molecule has 114 valence electrons. The molecule has 1 rings (SSSR count). The van der Waals surface area contributed by atoms with Crippen LogP contribution in [0.15, 0.2) is 0 Å². The highest BCUT2D eigenvalue weighted by Crippen LogP contribution is 2.26. The van der Waals surface area contributed by atoms with Gasteiger partial charge in [-0.15, -0.1) is 0 Å². The summed E-state index contributed by atoms with van der Waals surface area (Å²) in [5, 5.41) is 0. The third-order valence-corrected chi connectivity index (χ3v) is 2.76. The Labute approximate surface area is 124 Å². The van der Waals surface area contributed by atoms with Gasteiger partial charge in [-0.3, -0.25) is 18.2 Å². The molecular formula is C11H15BrO8. The predicted molar refractivity (Wildman–Crippen MR) is 66.4 cm³/mol. The van der Waals surface area contributed by atoms with E-state index in [1.165, 1.54) is 20.8 Å². The molecule has 9 heteroatoms. The average molecular weight is 355 g/mol. The summed E-state index contributed by atoms with van der Waals surface area (Å²) in [6.07, 6.45) is -3.96. The van der Waals surface area contributed by atoms with Crippen LogP contribution < -0.4 is 0 Å². The van der Waals surface area contributed by atoms with Gasteiger partial charge < -0.3 is 18.9 Å². The minimum Gasteiger partial charge on any atom is -0.456 e. The van der Waals surface area contributed by atoms with Gasteiger partial charge in [0.15, 0.2) is 18.3 Å². The third kappa shape index (κ3) is 4.73. The zero-order valence-electron chi connectivity index (χ0n) is 11.2. The number of carbonyl (C=O) groups is 3. The molecule has 1 heterocycles. The highest BCUT2D eigenvalue weighted by atomic mass is 79.9. The van der Waals surface area contributed by atoms with Gasteiger partial charge in [0, 0.05) is 20.8 Å². The standard InChI is InChI=1S/C11H15BrO8/c1-5(13)17-8-4-16-11(20-12)10(19-7(3)15)9(8)18-6(2)14/h8-11H,4H2,1-3H3/t8-,9+,10-,11-/m1/s1. The molecule has 20 heavy (non-hydrogen) atoms. The van der Waals surface area contributed by atoms with E-state index < -0.39 is 42.5 Å². The summed E-state index contributed by atoms with van der Waals surface area (Å²) in [5.41, 5.74) is 0. The van der Waals surface area contributed by atoms with Crippen LogP contribution in [0, 0.1) is 0 Å². The van der Waals surface area contributed by atoms with Gasteiger partial charge in [-0.05, 0) is 0 Å². The summed E-state index contributed by atoms with van der Waals surface area (Å²) in [5.74, 6) is -1.80. The number of rotatable bonds is 4. The molecule has 0 aliphatic carbocycles. The molecule has 0 N–H and O–H groups in total. The summed E-state index contributed by atoms with van der Waals surface area (Å²) < 4.78 is 25.2. The first-order valence-corrected chi connectivity index (χ1v) is 6.40. The second-order valence-electron chi connectivity index (χ2n) is 4.09. The average Bonchev–Trinajstić information content (AvgIpc) is 2.31. The number of carbonyl (C=O) groups excluding carboxylic acids is 3. The van der Waals surface area contributed by atoms with Crippen molar-refractivity contribution in [2.45, 2.75) is 45.4 Å². The molecule has 0 radical (unpaired) electrons. The lowest BCUT2D eigenvalue weighted by Gasteiger charge is -2.39. The maximum Gasteiger partial charge on any atom is 0.303 e. The van der Waals surface area contributed by atoms with E-state index in [0.29, 0.717) is 0 Å². The van der Waals surface area contributed by atoms with Crippen molar-refractivity contribution in [3.8, 4) is 0 Å². The summed E-state index contributed by atoms with van der Waals surface area (Å²) in [4.78, 5) is 33.4. The van der Waals surface area contributed by atoms with Gasteiger partial charge >= 0.3 is 17.9 Å². The monoisotopic (exact) mass is 354 g/mol. The van der Waals surface area contributed by atoms with Crippen molar-refractivity contribution in [3.63, 3.8) is 0 Å². The Kier molecular flexibility index (Phi) is 6.37. The first-order chi connectivity index (χ1) is 9.35. The highest BCUT2D eigenvalue weighted by molar-refractivity contribution is 9.06. The van der Waals surface area contributed by atoms with Crippen molar-refractivity contribution < 1.29 is 37.2 Å². The van der Waals surface area contributed by atoms with Crippen LogP contribution in [-0.2, 0) is 37.2 Å². The molecule has 1 aliphatic rings. The fourth-order valence-electron chi connectivity index (χ4n) is 1.79. The van der Waals surface area contributed by atoms with Gasteiger partial charge in [-0.25, -0.2) is 0 Å². The van der Waals surface area contributed by atoms with E-state index in [4.69, 9.17) is 22.8 Å². The number of esters is 3. The number of ether oxygens (including phenoxy) is 4. The van der Waals surface area contributed by atoms with Gasteiger partial charge in [0.2, 0.25) is 6.29 Å². The largest absolute Gasteiger partial charge is 0.456 e. The van der Waals surface area contributed by atoms with E-state index >= 15 is 0 Å². The van der Waals surface area contributed by atoms with Crippen LogP contribution in [0.3, 0.4) is 0 Å². The van der Waals surface area contributed by atoms with Gasteiger partial charge in [0.25, 0.3) is 0 Å². The first kappa shape index (κ1) is 16.9. The molecule has 0 saturated carbocycles. The lowest BCUT2D eigenvalue weighted by Crippen LogP contribution is -2.57. The first-order valence-electron chi connectivity index (χ1n) is 5.75. The molecule has 0 aromatic heterocycles. The van der Waals surface area contributed by atoms with E-state index in [0.717, 1.165) is 0 Å². The summed E-state index contributed by atoms with van der Waals surface area (Å²) in [6.45, 7) is 3.52. The maximum absolute atomic E-state index is 11.2. The van der Waals surface area contributed by atoms with Crippen molar-refractivity contribution in [2.75, 3.05) is 6.61 Å². The number of hydrogen-bond donors (Lipinski definition) is 0. The van der Waals surface area contributed by atoms with Crippen LogP contribution in [0.25, 0.3) is 0 Å². The molecule has 0 bridgehead atoms. The molecule has 0 aromatic carbocycles. The Balaban J connectivity index is 2.95. The smallest absolute Gasteiger partial charge is 0.303 e. The predicted octanol–water partition coefficient (Wildman–Crippen LogP) is 0.464. The van der Waals surface area contributed by atoms with Crippen molar-refractivity contribution in [1.29, 1.82) is 0 Å². The topological polar surface area (TPSA) is 97.4 Å². The SMILES string of the molecule is CC(=O)O[C@@H]1[C@@H](OC(C)=O)[C@@H](OBr)OC[C@H]1OC(C)=O. The van der Waals surface area contributed by atoms with Crippen molar-refractivity contribution in [1.82, 2.24) is 0 Å². The van der Waals surface area contributed by atoms with Crippen molar-refractivity contribution >= 4 is 34.2 Å². The molecule has 4 atom stereocenters. The van der Waals surface area contributed by atoms with Crippen LogP contribution in [0.1, 0.15) is 20.8 Å². The minimum absolute atomic E-state index is 0.0639. The van der Waals surface area contributed by atoms with Gasteiger partial charge in [-0.2, -0.15) is 0 Å². The van der Waals surface area contributed by atoms with E-state index in [-0.39, 0.29) is 6.61 Å². The maximum atomic E-state index is 11.2. The second-order valence-corrected chi connectivity index (χ2v) is 4.46. The summed E-state index contributed by atoms with van der Waals surface area (Å²) >= 11 is 2.74. The molecule has 0 unspecified atom stereocenters. The minimum atomic E-state index is -1.06. The van der Waals surface area contributed by atoms with Gasteiger partial charge in [-0.1, -0.05) is 0 Å². The van der Waals surface area contributed by atoms with Crippen LogP contribution in [-0.4, -0.2) is 49.1 Å². The molecule has 8 nitrogen and oxygen atoms in total. The van der Waals surface area contributed by atoms with Crippen LogP contribution >= 0.6 is 16.3 Å². The van der Waals surface area contributed by atoms with Crippen LogP contribution in [0.4, 0.5) is 0 Å². The molecule has 0 spiro atoms. The zero-order valence-corrected chi connectivity index (χ0v) is 12.7. The fourth-order valence-corrected chi connectivity index (χ4v) is 2.11. The van der Waals surface area contributed by atoms with E-state index in [1.807, 2.05) is 0 Å². The molecule has 1 aliphatic heterocycles. The second kappa shape index (κ2) is 7.55. The zero-order chi connectivity index (χ0) is 15.3. The molecular weight excluding hydrogens is 340 g/mol. The highest BCUT2D eigenvalue weighted by Gasteiger charge is 2.47. The Hall–Kier alpha value is -1.19. The Bertz CT molecular complexity index is 385. The quantitative estimate of drug-likeness (QED) is 0.530. The fraction of sp³-hybridized carbons (Fsp3) is 0.727. The summed E-state index contributed by atoms with van der Waals surface area (Å²) in [7, 11) is 0. The summed E-state index contributed by atoms with van der Waals surface area (Å²) in [6, 6.07) is 0. The van der Waals surface area contributed by atoms with Crippen molar-refractivity contribution in [3.05, 3.63) is 0 Å².